The van der Waals surface area contributed by atoms with E-state index in [4.69, 9.17) is 4.74 Å². The van der Waals surface area contributed by atoms with Crippen LogP contribution in [-0.2, 0) is 9.53 Å². The standard InChI is InChI=1S/C25H22F2N2O4/c1-3-33-25(32)18-13-17-22(28-19(30)12-9-15-7-5-4-6-8-15)21(27)20(26)14(2)23(17)29(24(18)31)16-10-11-16/h4-9,12-13,16H,3,10-11H2,1-2H3,(H,28,30). The first-order chi connectivity index (χ1) is 15.8. The molecule has 0 unspecified atom stereocenters. The van der Waals surface area contributed by atoms with Gasteiger partial charge in [-0.3, -0.25) is 9.59 Å². The summed E-state index contributed by atoms with van der Waals surface area (Å²) < 4.78 is 36.2. The number of nitrogens with one attached hydrogen (secondary N) is 1. The van der Waals surface area contributed by atoms with Gasteiger partial charge in [0.05, 0.1) is 17.8 Å². The van der Waals surface area contributed by atoms with E-state index in [0.717, 1.165) is 5.56 Å². The molecule has 0 spiro atoms. The molecule has 0 bridgehead atoms. The van der Waals surface area contributed by atoms with E-state index in [1.54, 1.807) is 31.2 Å². The number of aromatic nitrogens is 1. The molecule has 1 aromatic heterocycles. The molecule has 33 heavy (non-hydrogen) atoms. The number of fused-ring (bicyclic) bond motifs is 1. The molecular weight excluding hydrogens is 430 g/mol. The van der Waals surface area contributed by atoms with Crippen LogP contribution < -0.4 is 10.9 Å². The van der Waals surface area contributed by atoms with Crippen LogP contribution in [0.3, 0.4) is 0 Å². The number of carbonyl (C=O) groups excluding carboxylic acids is 2. The van der Waals surface area contributed by atoms with Crippen molar-refractivity contribution in [3.05, 3.63) is 81.2 Å². The zero-order valence-electron chi connectivity index (χ0n) is 18.2. The fraction of sp³-hybridized carbons (Fsp3) is 0.240. The van der Waals surface area contributed by atoms with Gasteiger partial charge in [0.2, 0.25) is 5.91 Å². The Morgan fingerprint density at radius 3 is 2.52 bits per heavy atom. The minimum Gasteiger partial charge on any atom is -0.462 e. The maximum Gasteiger partial charge on any atom is 0.343 e. The van der Waals surface area contributed by atoms with Gasteiger partial charge in [-0.05, 0) is 44.4 Å². The Balaban J connectivity index is 1.88. The topological polar surface area (TPSA) is 77.4 Å². The lowest BCUT2D eigenvalue weighted by molar-refractivity contribution is -0.111. The van der Waals surface area contributed by atoms with E-state index in [-0.39, 0.29) is 34.7 Å². The maximum atomic E-state index is 15.0. The largest absolute Gasteiger partial charge is 0.462 e. The fourth-order valence-corrected chi connectivity index (χ4v) is 3.76. The Hall–Kier alpha value is -3.81. The lowest BCUT2D eigenvalue weighted by atomic mass is 10.0. The average molecular weight is 452 g/mol. The first kappa shape index (κ1) is 22.4. The summed E-state index contributed by atoms with van der Waals surface area (Å²) >= 11 is 0. The number of rotatable bonds is 6. The number of ether oxygens (including phenoxy) is 1. The number of benzene rings is 2. The van der Waals surface area contributed by atoms with Gasteiger partial charge in [0.1, 0.15) is 5.56 Å². The number of nitrogens with zero attached hydrogens (tertiary/aromatic N) is 1. The lowest BCUT2D eigenvalue weighted by Crippen LogP contribution is -2.28. The van der Waals surface area contributed by atoms with E-state index in [0.29, 0.717) is 12.8 Å². The van der Waals surface area contributed by atoms with Gasteiger partial charge in [-0.1, -0.05) is 30.3 Å². The van der Waals surface area contributed by atoms with E-state index in [1.807, 2.05) is 6.07 Å². The Morgan fingerprint density at radius 2 is 1.88 bits per heavy atom. The molecule has 1 fully saturated rings. The highest BCUT2D eigenvalue weighted by Gasteiger charge is 2.32. The highest BCUT2D eigenvalue weighted by molar-refractivity contribution is 6.09. The van der Waals surface area contributed by atoms with Crippen molar-refractivity contribution >= 4 is 34.5 Å². The average Bonchev–Trinajstić information content (AvgIpc) is 3.64. The Kier molecular flexibility index (Phi) is 6.09. The highest BCUT2D eigenvalue weighted by Crippen LogP contribution is 2.40. The van der Waals surface area contributed by atoms with E-state index in [1.165, 1.54) is 29.7 Å². The Bertz CT molecular complexity index is 1340. The minimum atomic E-state index is -1.27. The quantitative estimate of drug-likeness (QED) is 0.433. The summed E-state index contributed by atoms with van der Waals surface area (Å²) in [7, 11) is 0. The van der Waals surface area contributed by atoms with Crippen molar-refractivity contribution in [1.29, 1.82) is 0 Å². The monoisotopic (exact) mass is 452 g/mol. The number of hydrogen-bond donors (Lipinski definition) is 1. The van der Waals surface area contributed by atoms with Gasteiger partial charge in [0, 0.05) is 23.1 Å². The number of esters is 1. The third-order valence-corrected chi connectivity index (χ3v) is 5.48. The summed E-state index contributed by atoms with van der Waals surface area (Å²) in [5, 5.41) is 2.45. The predicted octanol–water partition coefficient (Wildman–Crippen LogP) is 4.75. The van der Waals surface area contributed by atoms with Crippen LogP contribution in [0.2, 0.25) is 0 Å². The SMILES string of the molecule is CCOC(=O)c1cc2c(NC(=O)C=Cc3ccccc3)c(F)c(F)c(C)c2n(C2CC2)c1=O. The van der Waals surface area contributed by atoms with E-state index < -0.39 is 34.8 Å². The summed E-state index contributed by atoms with van der Waals surface area (Å²) in [5.41, 5.74) is -0.525. The molecule has 8 heteroatoms. The van der Waals surface area contributed by atoms with E-state index in [9.17, 15) is 18.8 Å². The van der Waals surface area contributed by atoms with Crippen molar-refractivity contribution in [3.63, 3.8) is 0 Å². The van der Waals surface area contributed by atoms with Gasteiger partial charge >= 0.3 is 5.97 Å². The summed E-state index contributed by atoms with van der Waals surface area (Å²) in [6.45, 7) is 3.01. The summed E-state index contributed by atoms with van der Waals surface area (Å²) in [6.07, 6.45) is 4.06. The number of pyridine rings is 1. The maximum absolute atomic E-state index is 15.0. The van der Waals surface area contributed by atoms with Crippen LogP contribution in [0, 0.1) is 18.6 Å². The van der Waals surface area contributed by atoms with E-state index in [2.05, 4.69) is 5.32 Å². The number of anilines is 1. The van der Waals surface area contributed by atoms with Gasteiger partial charge in [0.15, 0.2) is 11.6 Å². The number of halogens is 2. The van der Waals surface area contributed by atoms with Gasteiger partial charge in [-0.25, -0.2) is 13.6 Å². The van der Waals surface area contributed by atoms with Crippen LogP contribution in [0.15, 0.2) is 47.3 Å². The molecule has 1 amide bonds. The van der Waals surface area contributed by atoms with Crippen molar-refractivity contribution in [2.45, 2.75) is 32.7 Å². The van der Waals surface area contributed by atoms with Crippen molar-refractivity contribution in [2.24, 2.45) is 0 Å². The number of hydrogen-bond acceptors (Lipinski definition) is 4. The van der Waals surface area contributed by atoms with Crippen molar-refractivity contribution in [3.8, 4) is 0 Å². The summed E-state index contributed by atoms with van der Waals surface area (Å²) in [6, 6.07) is 9.92. The third-order valence-electron chi connectivity index (χ3n) is 5.48. The zero-order valence-corrected chi connectivity index (χ0v) is 18.2. The molecule has 170 valence electrons. The first-order valence-corrected chi connectivity index (χ1v) is 10.6. The molecule has 1 aliphatic carbocycles. The molecule has 1 saturated carbocycles. The van der Waals surface area contributed by atoms with Crippen LogP contribution in [0.1, 0.15) is 47.3 Å². The smallest absolute Gasteiger partial charge is 0.343 e. The van der Waals surface area contributed by atoms with Crippen LogP contribution >= 0.6 is 0 Å². The van der Waals surface area contributed by atoms with Crippen molar-refractivity contribution in [1.82, 2.24) is 4.57 Å². The summed E-state index contributed by atoms with van der Waals surface area (Å²) in [4.78, 5) is 38.1. The van der Waals surface area contributed by atoms with Gasteiger partial charge in [0.25, 0.3) is 5.56 Å². The van der Waals surface area contributed by atoms with Crippen LogP contribution in [0.25, 0.3) is 17.0 Å². The molecule has 0 saturated heterocycles. The second kappa shape index (κ2) is 8.97. The minimum absolute atomic E-state index is 0.0461. The third kappa shape index (κ3) is 4.28. The molecule has 1 heterocycles. The zero-order chi connectivity index (χ0) is 23.7. The van der Waals surface area contributed by atoms with Gasteiger partial charge < -0.3 is 14.6 Å². The molecule has 0 atom stereocenters. The number of carbonyl (C=O) groups is 2. The van der Waals surface area contributed by atoms with Crippen molar-refractivity contribution in [2.75, 3.05) is 11.9 Å². The number of aryl methyl sites for hydroxylation is 1. The first-order valence-electron chi connectivity index (χ1n) is 10.6. The highest BCUT2D eigenvalue weighted by atomic mass is 19.2. The molecule has 1 N–H and O–H groups in total. The second-order valence-electron chi connectivity index (χ2n) is 7.81. The molecular formula is C25H22F2N2O4. The predicted molar refractivity (Wildman–Crippen MR) is 121 cm³/mol. The van der Waals surface area contributed by atoms with Crippen molar-refractivity contribution < 1.29 is 23.1 Å². The normalized spacial score (nSPS) is 13.5. The van der Waals surface area contributed by atoms with Crippen LogP contribution in [-0.4, -0.2) is 23.1 Å². The van der Waals surface area contributed by atoms with Gasteiger partial charge in [-0.15, -0.1) is 0 Å². The Morgan fingerprint density at radius 1 is 1.18 bits per heavy atom. The van der Waals surface area contributed by atoms with Gasteiger partial charge in [-0.2, -0.15) is 0 Å². The van der Waals surface area contributed by atoms with Crippen LogP contribution in [0.4, 0.5) is 14.5 Å². The fourth-order valence-electron chi connectivity index (χ4n) is 3.76. The molecule has 6 nitrogen and oxygen atoms in total. The van der Waals surface area contributed by atoms with Crippen LogP contribution in [0.5, 0.6) is 0 Å². The van der Waals surface area contributed by atoms with E-state index >= 15 is 4.39 Å². The molecule has 0 aliphatic heterocycles. The molecule has 4 rings (SSSR count). The molecule has 1 aliphatic rings. The molecule has 2 aromatic carbocycles. The molecule has 0 radical (unpaired) electrons. The second-order valence-corrected chi connectivity index (χ2v) is 7.81. The summed E-state index contributed by atoms with van der Waals surface area (Å²) in [5.74, 6) is -3.98. The lowest BCUT2D eigenvalue weighted by Gasteiger charge is -2.18. The molecule has 3 aromatic rings. The number of amides is 1. The Labute approximate surface area is 188 Å².